The Morgan fingerprint density at radius 3 is 2.60 bits per heavy atom. The average Bonchev–Trinajstić information content (AvgIpc) is 3.48. The van der Waals surface area contributed by atoms with E-state index in [0.717, 1.165) is 59.6 Å². The van der Waals surface area contributed by atoms with E-state index in [0.29, 0.717) is 17.1 Å². The van der Waals surface area contributed by atoms with Gasteiger partial charge in [0.05, 0.1) is 51.4 Å². The van der Waals surface area contributed by atoms with Crippen molar-refractivity contribution in [2.75, 3.05) is 52.4 Å². The van der Waals surface area contributed by atoms with Crippen molar-refractivity contribution in [1.82, 2.24) is 14.7 Å². The molecule has 1 saturated heterocycles. The van der Waals surface area contributed by atoms with Crippen LogP contribution < -0.4 is 15.8 Å². The quantitative estimate of drug-likeness (QED) is 0.138. The number of allylic oxidation sites excluding steroid dienone is 1. The minimum absolute atomic E-state index is 0.00818. The molecule has 45 heavy (non-hydrogen) atoms. The van der Waals surface area contributed by atoms with Crippen LogP contribution in [0.1, 0.15) is 24.2 Å². The molecule has 2 aromatic rings. The first-order valence-electron chi connectivity index (χ1n) is 14.5. The van der Waals surface area contributed by atoms with Gasteiger partial charge in [0.15, 0.2) is 10.9 Å². The van der Waals surface area contributed by atoms with Gasteiger partial charge in [0, 0.05) is 35.4 Å². The molecule has 1 saturated carbocycles. The molecule has 240 valence electrons. The van der Waals surface area contributed by atoms with Gasteiger partial charge in [-0.3, -0.25) is 9.59 Å². The van der Waals surface area contributed by atoms with Crippen LogP contribution in [0, 0.1) is 5.92 Å². The van der Waals surface area contributed by atoms with E-state index in [1.54, 1.807) is 19.2 Å². The minimum Gasteiger partial charge on any atom is -0.497 e. The third-order valence-corrected chi connectivity index (χ3v) is 10.3. The largest absolute Gasteiger partial charge is 0.497 e. The van der Waals surface area contributed by atoms with Gasteiger partial charge in [-0.05, 0) is 29.3 Å². The molecule has 5 rings (SSSR count). The number of likely N-dealkylation sites (tertiary alicyclic amines) is 1. The van der Waals surface area contributed by atoms with Crippen molar-refractivity contribution in [3.63, 3.8) is 0 Å². The summed E-state index contributed by atoms with van der Waals surface area (Å²) in [4.78, 5) is 49.2. The van der Waals surface area contributed by atoms with E-state index >= 15 is 0 Å². The number of benzene rings is 1. The third kappa shape index (κ3) is 7.38. The smallest absolute Gasteiger partial charge is 0.335 e. The summed E-state index contributed by atoms with van der Waals surface area (Å²) in [6.45, 7) is 2.47. The highest BCUT2D eigenvalue weighted by Gasteiger charge is 2.56. The number of nitrogens with two attached hydrogens (primary N) is 1. The fraction of sp³-hybridized carbons (Fsp3) is 0.467. The Morgan fingerprint density at radius 1 is 1.22 bits per heavy atom. The monoisotopic (exact) mass is 657 g/mol. The van der Waals surface area contributed by atoms with Crippen molar-refractivity contribution in [2.24, 2.45) is 11.1 Å². The van der Waals surface area contributed by atoms with Gasteiger partial charge in [-0.1, -0.05) is 23.4 Å². The van der Waals surface area contributed by atoms with E-state index in [1.807, 2.05) is 24.3 Å². The molecular formula is C30H37N6O7S2+. The number of carbonyl (C=O) groups excluding carboxylic acids is 3. The average molecular weight is 658 g/mol. The summed E-state index contributed by atoms with van der Waals surface area (Å²) < 4.78 is 15.7. The normalized spacial score (nSPS) is 26.7. The number of ketones is 1. The van der Waals surface area contributed by atoms with Crippen LogP contribution >= 0.6 is 23.3 Å². The number of aromatic nitrogens is 2. The summed E-state index contributed by atoms with van der Waals surface area (Å²) in [6.07, 6.45) is 5.20. The maximum atomic E-state index is 13.6. The summed E-state index contributed by atoms with van der Waals surface area (Å²) in [7, 11) is 5.01. The van der Waals surface area contributed by atoms with Crippen molar-refractivity contribution in [3.05, 3.63) is 59.0 Å². The molecule has 3 aliphatic rings. The molecule has 1 amide bonds. The van der Waals surface area contributed by atoms with Crippen LogP contribution in [0.25, 0.3) is 0 Å². The lowest BCUT2D eigenvalue weighted by molar-refractivity contribution is -0.909. The second kappa shape index (κ2) is 14.1. The van der Waals surface area contributed by atoms with Crippen LogP contribution in [0.15, 0.2) is 52.7 Å². The number of rotatable bonds is 11. The van der Waals surface area contributed by atoms with Gasteiger partial charge in [-0.15, -0.1) is 0 Å². The summed E-state index contributed by atoms with van der Waals surface area (Å²) in [5, 5.41) is 16.2. The van der Waals surface area contributed by atoms with Crippen LogP contribution in [0.2, 0.25) is 0 Å². The Hall–Kier alpha value is -3.79. The summed E-state index contributed by atoms with van der Waals surface area (Å²) in [5.41, 5.74) is 7.29. The standard InChI is InChI=1S/C30H36N6O7S2/c1-36(13-10-19(37)11-14-36)12-4-5-18-16-44-26-22(21(18)29(40)43-15-17-6-8-20(41-2)9-7-17)25(38)23(26)32-28(39)24(34-42-3)27-33-30(31)45-35-27/h4-9,19,22-23,26,37H,10-16H2,1-3H3,(H2-,31,32,33,35,39)/p+1/b5-4+,34-24-/t19?,22?,23-,26+,36?/m1/s1. The lowest BCUT2D eigenvalue weighted by atomic mass is 9.71. The number of anilines is 1. The lowest BCUT2D eigenvalue weighted by Crippen LogP contribution is -2.66. The molecule has 2 fully saturated rings. The maximum Gasteiger partial charge on any atom is 0.335 e. The van der Waals surface area contributed by atoms with Gasteiger partial charge in [-0.25, -0.2) is 4.79 Å². The number of esters is 1. The zero-order valence-electron chi connectivity index (χ0n) is 25.3. The maximum absolute atomic E-state index is 13.6. The molecule has 1 unspecified atom stereocenters. The number of nitrogen functional groups attached to an aromatic ring is 1. The van der Waals surface area contributed by atoms with E-state index in [4.69, 9.17) is 20.0 Å². The zero-order valence-corrected chi connectivity index (χ0v) is 26.9. The number of hydrogen-bond donors (Lipinski definition) is 3. The van der Waals surface area contributed by atoms with Crippen LogP contribution in [0.3, 0.4) is 0 Å². The molecule has 4 N–H and O–H groups in total. The van der Waals surface area contributed by atoms with Crippen LogP contribution in [-0.4, -0.2) is 106 Å². The van der Waals surface area contributed by atoms with Crippen molar-refractivity contribution < 1.29 is 38.3 Å². The number of thioether (sulfide) groups is 1. The molecule has 1 aliphatic carbocycles. The number of fused-ring (bicyclic) bond motifs is 1. The van der Waals surface area contributed by atoms with E-state index in [1.165, 1.54) is 18.9 Å². The topological polar surface area (TPSA) is 175 Å². The van der Waals surface area contributed by atoms with Crippen molar-refractivity contribution in [3.8, 4) is 5.75 Å². The Kier molecular flexibility index (Phi) is 10.2. The molecule has 13 nitrogen and oxygen atoms in total. The molecule has 0 bridgehead atoms. The number of Topliss-reactive ketones (excluding diaryl/α,β-unsaturated/α-hetero) is 1. The van der Waals surface area contributed by atoms with E-state index in [9.17, 15) is 19.5 Å². The lowest BCUT2D eigenvalue weighted by Gasteiger charge is -2.46. The SMILES string of the molecule is CO/N=C(\C(=O)N[C@@H]1C(=O)C2C(C(=O)OCc3ccc(OC)cc3)=C(/C=C/C[N+]3(C)CCC(O)CC3)CS[C@@H]21)c1nsc(N)n1. The number of quaternary nitrogens is 1. The summed E-state index contributed by atoms with van der Waals surface area (Å²) >= 11 is 2.40. The molecule has 2 aliphatic heterocycles. The molecule has 0 spiro atoms. The number of aliphatic hydroxyl groups is 1. The number of amides is 1. The van der Waals surface area contributed by atoms with Crippen LogP contribution in [0.5, 0.6) is 5.75 Å². The van der Waals surface area contributed by atoms with Gasteiger partial charge in [-0.2, -0.15) is 21.1 Å². The third-order valence-electron chi connectivity index (χ3n) is 8.31. The predicted molar refractivity (Wildman–Crippen MR) is 170 cm³/mol. The van der Waals surface area contributed by atoms with Gasteiger partial charge >= 0.3 is 5.97 Å². The number of carbonyl (C=O) groups is 3. The van der Waals surface area contributed by atoms with E-state index < -0.39 is 23.8 Å². The fourth-order valence-corrected chi connectivity index (χ4v) is 7.59. The van der Waals surface area contributed by atoms with E-state index in [2.05, 4.69) is 26.9 Å². The first-order chi connectivity index (χ1) is 21.6. The minimum atomic E-state index is -0.857. The number of hydrogen-bond acceptors (Lipinski definition) is 13. The number of aliphatic hydroxyl groups excluding tert-OH is 1. The summed E-state index contributed by atoms with van der Waals surface area (Å²) in [6, 6.07) is 6.33. The Balaban J connectivity index is 1.34. The first kappa shape index (κ1) is 32.6. The van der Waals surface area contributed by atoms with Crippen LogP contribution in [0.4, 0.5) is 5.13 Å². The molecule has 3 heterocycles. The highest BCUT2D eigenvalue weighted by atomic mass is 32.2. The van der Waals surface area contributed by atoms with Gasteiger partial charge in [0.25, 0.3) is 5.91 Å². The van der Waals surface area contributed by atoms with Crippen LogP contribution in [-0.2, 0) is 30.6 Å². The van der Waals surface area contributed by atoms with Crippen molar-refractivity contribution >= 4 is 51.8 Å². The summed E-state index contributed by atoms with van der Waals surface area (Å²) in [5.74, 6) is -1.16. The highest BCUT2D eigenvalue weighted by molar-refractivity contribution is 8.00. The fourth-order valence-electron chi connectivity index (χ4n) is 5.68. The number of oxime groups is 1. The Morgan fingerprint density at radius 2 is 1.96 bits per heavy atom. The molecule has 3 atom stereocenters. The number of ether oxygens (including phenoxy) is 2. The zero-order chi connectivity index (χ0) is 32.1. The molecular weight excluding hydrogens is 620 g/mol. The number of nitrogens with one attached hydrogen (secondary N) is 1. The first-order valence-corrected chi connectivity index (χ1v) is 16.3. The number of likely N-dealkylation sites (N-methyl/N-ethyl adjacent to an activating group) is 1. The highest BCUT2D eigenvalue weighted by Crippen LogP contribution is 2.46. The second-order valence-corrected chi connectivity index (χ2v) is 13.4. The second-order valence-electron chi connectivity index (χ2n) is 11.4. The van der Waals surface area contributed by atoms with Gasteiger partial charge in [0.2, 0.25) is 11.5 Å². The molecule has 1 aromatic carbocycles. The number of piperidine rings is 1. The van der Waals surface area contributed by atoms with E-state index in [-0.39, 0.29) is 40.4 Å². The predicted octanol–water partition coefficient (Wildman–Crippen LogP) is 1.48. The van der Waals surface area contributed by atoms with Gasteiger partial charge in [0.1, 0.15) is 25.5 Å². The van der Waals surface area contributed by atoms with Crippen molar-refractivity contribution in [2.45, 2.75) is 36.8 Å². The number of methoxy groups -OCH3 is 1. The molecule has 15 heteroatoms. The molecule has 1 aromatic heterocycles. The molecule has 0 radical (unpaired) electrons. The Bertz CT molecular complexity index is 1510. The van der Waals surface area contributed by atoms with Crippen molar-refractivity contribution in [1.29, 1.82) is 0 Å². The number of nitrogens with zero attached hydrogens (tertiary/aromatic N) is 4. The van der Waals surface area contributed by atoms with Gasteiger partial charge < -0.3 is 35.0 Å². The Labute approximate surface area is 269 Å².